The summed E-state index contributed by atoms with van der Waals surface area (Å²) in [7, 11) is -3.87. The molecule has 2 heterocycles. The van der Waals surface area contributed by atoms with Crippen molar-refractivity contribution in [3.8, 4) is 11.5 Å². The molecule has 0 aliphatic carbocycles. The Hall–Kier alpha value is -3.72. The average Bonchev–Trinajstić information content (AvgIpc) is 2.88. The molecule has 9 heteroatoms. The van der Waals surface area contributed by atoms with Crippen LogP contribution in [0.5, 0.6) is 11.5 Å². The number of ether oxygens (including phenoxy) is 2. The molecule has 0 radical (unpaired) electrons. The van der Waals surface area contributed by atoms with Gasteiger partial charge in [0.2, 0.25) is 0 Å². The number of rotatable bonds is 5. The van der Waals surface area contributed by atoms with E-state index in [9.17, 15) is 13.2 Å². The fraction of sp³-hybridized carbons (Fsp3) is 0.240. The summed E-state index contributed by atoms with van der Waals surface area (Å²) in [5, 5.41) is 0. The second-order valence-electron chi connectivity index (χ2n) is 8.11. The summed E-state index contributed by atoms with van der Waals surface area (Å²) >= 11 is 0. The van der Waals surface area contributed by atoms with Crippen molar-refractivity contribution in [1.82, 2.24) is 4.90 Å². The summed E-state index contributed by atoms with van der Waals surface area (Å²) in [6.45, 7) is 3.48. The monoisotopic (exact) mass is 479 g/mol. The van der Waals surface area contributed by atoms with E-state index >= 15 is 0 Å². The van der Waals surface area contributed by atoms with E-state index < -0.39 is 10.0 Å². The Balaban J connectivity index is 1.27. The number of amides is 1. The minimum atomic E-state index is -3.87. The van der Waals surface area contributed by atoms with Crippen LogP contribution in [0.15, 0.2) is 77.7 Å². The van der Waals surface area contributed by atoms with Gasteiger partial charge in [-0.2, -0.15) is 0 Å². The van der Waals surface area contributed by atoms with Gasteiger partial charge in [0.1, 0.15) is 13.2 Å². The van der Waals surface area contributed by atoms with E-state index in [1.54, 1.807) is 35.2 Å². The molecule has 1 saturated heterocycles. The molecule has 2 aliphatic rings. The number of fused-ring (bicyclic) bond motifs is 1. The van der Waals surface area contributed by atoms with E-state index in [1.807, 2.05) is 18.2 Å². The number of carbonyl (C=O) groups excluding carboxylic acids is 1. The minimum absolute atomic E-state index is 0.0607. The van der Waals surface area contributed by atoms with E-state index in [1.165, 1.54) is 12.1 Å². The van der Waals surface area contributed by atoms with Crippen molar-refractivity contribution in [3.63, 3.8) is 0 Å². The van der Waals surface area contributed by atoms with Crippen LogP contribution in [0.4, 0.5) is 11.4 Å². The third-order valence-corrected chi connectivity index (χ3v) is 7.25. The molecule has 0 atom stereocenters. The van der Waals surface area contributed by atoms with Crippen LogP contribution >= 0.6 is 0 Å². The van der Waals surface area contributed by atoms with Gasteiger partial charge in [0.25, 0.3) is 15.9 Å². The Kier molecular flexibility index (Phi) is 6.02. The predicted molar refractivity (Wildman–Crippen MR) is 129 cm³/mol. The number of carbonyl (C=O) groups is 1. The molecule has 1 N–H and O–H groups in total. The molecular formula is C25H25N3O5S. The smallest absolute Gasteiger partial charge is 0.262 e. The fourth-order valence-corrected chi connectivity index (χ4v) is 5.17. The van der Waals surface area contributed by atoms with Crippen LogP contribution in [0.25, 0.3) is 0 Å². The van der Waals surface area contributed by atoms with Crippen LogP contribution in [-0.2, 0) is 10.0 Å². The average molecular weight is 480 g/mol. The SMILES string of the molecule is O=C(c1cccc(NS(=O)(=O)c2ccc3c(c2)OCCO3)c1)N1CCN(c2ccccc2)CC1. The van der Waals surface area contributed by atoms with Crippen molar-refractivity contribution >= 4 is 27.3 Å². The Labute approximate surface area is 198 Å². The highest BCUT2D eigenvalue weighted by atomic mass is 32.2. The fourth-order valence-electron chi connectivity index (χ4n) is 4.11. The van der Waals surface area contributed by atoms with Crippen LogP contribution < -0.4 is 19.1 Å². The minimum Gasteiger partial charge on any atom is -0.486 e. The summed E-state index contributed by atoms with van der Waals surface area (Å²) in [4.78, 5) is 17.2. The maximum atomic E-state index is 13.1. The van der Waals surface area contributed by atoms with Gasteiger partial charge in [-0.1, -0.05) is 24.3 Å². The summed E-state index contributed by atoms with van der Waals surface area (Å²) in [5.41, 5.74) is 1.91. The molecule has 176 valence electrons. The van der Waals surface area contributed by atoms with Gasteiger partial charge in [0.05, 0.1) is 4.90 Å². The first-order valence-electron chi connectivity index (χ1n) is 11.1. The zero-order valence-electron chi connectivity index (χ0n) is 18.5. The number of hydrogen-bond acceptors (Lipinski definition) is 6. The van der Waals surface area contributed by atoms with Crippen LogP contribution in [0.1, 0.15) is 10.4 Å². The number of hydrogen-bond donors (Lipinski definition) is 1. The van der Waals surface area contributed by atoms with E-state index in [2.05, 4.69) is 21.8 Å². The Bertz CT molecular complexity index is 1290. The first-order valence-corrected chi connectivity index (χ1v) is 12.6. The molecule has 0 spiro atoms. The molecule has 3 aromatic rings. The lowest BCUT2D eigenvalue weighted by Crippen LogP contribution is -2.48. The third-order valence-electron chi connectivity index (χ3n) is 5.87. The molecule has 0 saturated carbocycles. The molecule has 3 aromatic carbocycles. The normalized spacial score (nSPS) is 15.6. The summed E-state index contributed by atoms with van der Waals surface area (Å²) in [5.74, 6) is 0.797. The molecule has 8 nitrogen and oxygen atoms in total. The number of piperazine rings is 1. The number of anilines is 2. The number of para-hydroxylation sites is 1. The van der Waals surface area contributed by atoms with Gasteiger partial charge in [-0.15, -0.1) is 0 Å². The van der Waals surface area contributed by atoms with E-state index in [0.717, 1.165) is 18.8 Å². The van der Waals surface area contributed by atoms with E-state index in [4.69, 9.17) is 9.47 Å². The van der Waals surface area contributed by atoms with Crippen molar-refractivity contribution in [2.24, 2.45) is 0 Å². The molecule has 34 heavy (non-hydrogen) atoms. The lowest BCUT2D eigenvalue weighted by molar-refractivity contribution is 0.0747. The van der Waals surface area contributed by atoms with Gasteiger partial charge >= 0.3 is 0 Å². The van der Waals surface area contributed by atoms with Crippen molar-refractivity contribution in [2.75, 3.05) is 49.0 Å². The Morgan fingerprint density at radius 1 is 0.794 bits per heavy atom. The molecule has 0 aromatic heterocycles. The molecule has 5 rings (SSSR count). The van der Waals surface area contributed by atoms with Gasteiger partial charge in [-0.05, 0) is 42.5 Å². The summed E-state index contributed by atoms with van der Waals surface area (Å²) < 4.78 is 39.4. The highest BCUT2D eigenvalue weighted by molar-refractivity contribution is 7.92. The summed E-state index contributed by atoms with van der Waals surface area (Å²) in [6.07, 6.45) is 0. The van der Waals surface area contributed by atoms with Gasteiger partial charge in [-0.3, -0.25) is 9.52 Å². The Morgan fingerprint density at radius 3 is 2.29 bits per heavy atom. The first kappa shape index (κ1) is 22.1. The first-order chi connectivity index (χ1) is 16.5. The molecular weight excluding hydrogens is 454 g/mol. The van der Waals surface area contributed by atoms with E-state index in [-0.39, 0.29) is 10.8 Å². The van der Waals surface area contributed by atoms with E-state index in [0.29, 0.717) is 49.1 Å². The van der Waals surface area contributed by atoms with Crippen molar-refractivity contribution in [2.45, 2.75) is 4.90 Å². The molecule has 2 aliphatic heterocycles. The molecule has 1 amide bonds. The molecule has 0 bridgehead atoms. The molecule has 1 fully saturated rings. The zero-order valence-corrected chi connectivity index (χ0v) is 19.3. The highest BCUT2D eigenvalue weighted by Gasteiger charge is 2.24. The topological polar surface area (TPSA) is 88.2 Å². The van der Waals surface area contributed by atoms with Crippen LogP contribution in [0.2, 0.25) is 0 Å². The second kappa shape index (κ2) is 9.26. The standard InChI is InChI=1S/C25H25N3O5S/c29-25(28-13-11-27(12-14-28)21-7-2-1-3-8-21)19-5-4-6-20(17-19)26-34(30,31)22-9-10-23-24(18-22)33-16-15-32-23/h1-10,17-18,26H,11-16H2. The number of sulfonamides is 1. The zero-order chi connectivity index (χ0) is 23.5. The van der Waals surface area contributed by atoms with Gasteiger partial charge in [0.15, 0.2) is 11.5 Å². The second-order valence-corrected chi connectivity index (χ2v) is 9.79. The number of nitrogens with zero attached hydrogens (tertiary/aromatic N) is 2. The van der Waals surface area contributed by atoms with Gasteiger partial charge < -0.3 is 19.3 Å². The number of nitrogens with one attached hydrogen (secondary N) is 1. The third kappa shape index (κ3) is 4.65. The van der Waals surface area contributed by atoms with Crippen LogP contribution in [0, 0.1) is 0 Å². The maximum Gasteiger partial charge on any atom is 0.262 e. The van der Waals surface area contributed by atoms with Crippen molar-refractivity contribution < 1.29 is 22.7 Å². The maximum absolute atomic E-state index is 13.1. The lowest BCUT2D eigenvalue weighted by Gasteiger charge is -2.36. The van der Waals surface area contributed by atoms with Gasteiger partial charge in [-0.25, -0.2) is 8.42 Å². The summed E-state index contributed by atoms with van der Waals surface area (Å²) in [6, 6.07) is 21.2. The molecule has 0 unspecified atom stereocenters. The largest absolute Gasteiger partial charge is 0.486 e. The lowest BCUT2D eigenvalue weighted by atomic mass is 10.1. The number of benzene rings is 3. The van der Waals surface area contributed by atoms with Crippen LogP contribution in [0.3, 0.4) is 0 Å². The Morgan fingerprint density at radius 2 is 1.53 bits per heavy atom. The van der Waals surface area contributed by atoms with Crippen molar-refractivity contribution in [1.29, 1.82) is 0 Å². The van der Waals surface area contributed by atoms with Gasteiger partial charge in [0, 0.05) is 49.2 Å². The quantitative estimate of drug-likeness (QED) is 0.605. The van der Waals surface area contributed by atoms with Crippen LogP contribution in [-0.4, -0.2) is 58.6 Å². The highest BCUT2D eigenvalue weighted by Crippen LogP contribution is 2.32. The van der Waals surface area contributed by atoms with Crippen molar-refractivity contribution in [3.05, 3.63) is 78.4 Å². The predicted octanol–water partition coefficient (Wildman–Crippen LogP) is 3.22.